The molecular formula is C19H33IN4O3. The normalized spacial score (nSPS) is 11.2. The first-order valence-corrected chi connectivity index (χ1v) is 8.88. The molecule has 8 heteroatoms. The maximum Gasteiger partial charge on any atom is 0.407 e. The number of rotatable bonds is 8. The standard InChI is InChI=1S/C19H32N4O3.HI/c1-19(2,3)26-18(24)23-14-13-22-17(20-4)21-12-6-7-15-8-10-16(25-5)11-9-15;/h8-11H,6-7,12-14H2,1-5H3,(H,23,24)(H2,20,21,22);1H. The van der Waals surface area contributed by atoms with Crippen LogP contribution >= 0.6 is 24.0 Å². The highest BCUT2D eigenvalue weighted by Crippen LogP contribution is 2.12. The number of alkyl carbamates (subject to hydrolysis) is 1. The molecule has 1 aromatic rings. The highest BCUT2D eigenvalue weighted by atomic mass is 127. The maximum absolute atomic E-state index is 11.5. The highest BCUT2D eigenvalue weighted by Gasteiger charge is 2.15. The average molecular weight is 492 g/mol. The van der Waals surface area contributed by atoms with E-state index in [1.54, 1.807) is 14.2 Å². The lowest BCUT2D eigenvalue weighted by molar-refractivity contribution is 0.0529. The zero-order valence-corrected chi connectivity index (χ0v) is 19.3. The summed E-state index contributed by atoms with van der Waals surface area (Å²) in [4.78, 5) is 15.7. The number of nitrogens with zero attached hydrogens (tertiary/aromatic N) is 1. The quantitative estimate of drug-likeness (QED) is 0.225. The molecule has 0 saturated carbocycles. The van der Waals surface area contributed by atoms with Crippen LogP contribution in [0.2, 0.25) is 0 Å². The third kappa shape index (κ3) is 12.3. The van der Waals surface area contributed by atoms with Gasteiger partial charge < -0.3 is 25.4 Å². The van der Waals surface area contributed by atoms with Crippen molar-refractivity contribution in [2.24, 2.45) is 4.99 Å². The molecule has 0 aliphatic carbocycles. The van der Waals surface area contributed by atoms with E-state index in [0.717, 1.165) is 25.1 Å². The predicted molar refractivity (Wildman–Crippen MR) is 120 cm³/mol. The summed E-state index contributed by atoms with van der Waals surface area (Å²) in [6.45, 7) is 7.34. The summed E-state index contributed by atoms with van der Waals surface area (Å²) < 4.78 is 10.3. The Balaban J connectivity index is 0.00000676. The van der Waals surface area contributed by atoms with Gasteiger partial charge in [-0.25, -0.2) is 4.79 Å². The van der Waals surface area contributed by atoms with E-state index in [2.05, 4.69) is 33.1 Å². The Hall–Kier alpha value is -1.71. The fraction of sp³-hybridized carbons (Fsp3) is 0.579. The topological polar surface area (TPSA) is 84.0 Å². The number of methoxy groups -OCH3 is 1. The molecule has 0 heterocycles. The second-order valence-electron chi connectivity index (χ2n) is 6.81. The van der Waals surface area contributed by atoms with Gasteiger partial charge in [0.25, 0.3) is 0 Å². The van der Waals surface area contributed by atoms with E-state index < -0.39 is 11.7 Å². The summed E-state index contributed by atoms with van der Waals surface area (Å²) in [6.07, 6.45) is 1.55. The van der Waals surface area contributed by atoms with Crippen molar-refractivity contribution in [1.82, 2.24) is 16.0 Å². The molecule has 0 spiro atoms. The van der Waals surface area contributed by atoms with Gasteiger partial charge in [-0.15, -0.1) is 24.0 Å². The fourth-order valence-electron chi connectivity index (χ4n) is 2.17. The van der Waals surface area contributed by atoms with E-state index in [4.69, 9.17) is 9.47 Å². The van der Waals surface area contributed by atoms with Crippen LogP contribution in [0.25, 0.3) is 0 Å². The van der Waals surface area contributed by atoms with Crippen LogP contribution in [0, 0.1) is 0 Å². The Morgan fingerprint density at radius 3 is 2.19 bits per heavy atom. The Morgan fingerprint density at radius 1 is 1.04 bits per heavy atom. The molecule has 1 amide bonds. The summed E-state index contributed by atoms with van der Waals surface area (Å²) in [5.74, 6) is 1.59. The summed E-state index contributed by atoms with van der Waals surface area (Å²) >= 11 is 0. The number of halogens is 1. The van der Waals surface area contributed by atoms with Crippen molar-refractivity contribution in [3.63, 3.8) is 0 Å². The number of hydrogen-bond acceptors (Lipinski definition) is 4. The Bertz CT molecular complexity index is 571. The third-order valence-corrected chi connectivity index (χ3v) is 3.40. The van der Waals surface area contributed by atoms with Crippen LogP contribution in [-0.4, -0.2) is 51.4 Å². The SMILES string of the molecule is CN=C(NCCCc1ccc(OC)cc1)NCCNC(=O)OC(C)(C)C.I. The van der Waals surface area contributed by atoms with Gasteiger partial charge in [0.2, 0.25) is 0 Å². The van der Waals surface area contributed by atoms with Crippen molar-refractivity contribution in [3.8, 4) is 5.75 Å². The fourth-order valence-corrected chi connectivity index (χ4v) is 2.17. The number of amides is 1. The molecular weight excluding hydrogens is 459 g/mol. The molecule has 3 N–H and O–H groups in total. The Labute approximate surface area is 179 Å². The lowest BCUT2D eigenvalue weighted by Crippen LogP contribution is -2.42. The maximum atomic E-state index is 11.5. The molecule has 7 nitrogen and oxygen atoms in total. The van der Waals surface area contributed by atoms with E-state index in [0.29, 0.717) is 19.0 Å². The smallest absolute Gasteiger partial charge is 0.407 e. The molecule has 0 saturated heterocycles. The minimum Gasteiger partial charge on any atom is -0.497 e. The zero-order chi connectivity index (χ0) is 19.4. The lowest BCUT2D eigenvalue weighted by atomic mass is 10.1. The van der Waals surface area contributed by atoms with Crippen molar-refractivity contribution in [1.29, 1.82) is 0 Å². The number of carbonyl (C=O) groups is 1. The Morgan fingerprint density at radius 2 is 1.63 bits per heavy atom. The summed E-state index contributed by atoms with van der Waals surface area (Å²) in [7, 11) is 3.39. The molecule has 0 aliphatic rings. The van der Waals surface area contributed by atoms with Crippen LogP contribution in [0.5, 0.6) is 5.75 Å². The van der Waals surface area contributed by atoms with Crippen molar-refractivity contribution < 1.29 is 14.3 Å². The number of carbonyl (C=O) groups excluding carboxylic acids is 1. The zero-order valence-electron chi connectivity index (χ0n) is 16.9. The first-order valence-electron chi connectivity index (χ1n) is 8.88. The lowest BCUT2D eigenvalue weighted by Gasteiger charge is -2.19. The molecule has 154 valence electrons. The first kappa shape index (κ1) is 25.3. The van der Waals surface area contributed by atoms with Crippen LogP contribution in [0.4, 0.5) is 4.79 Å². The van der Waals surface area contributed by atoms with Crippen molar-refractivity contribution in [3.05, 3.63) is 29.8 Å². The molecule has 27 heavy (non-hydrogen) atoms. The van der Waals surface area contributed by atoms with E-state index in [9.17, 15) is 4.79 Å². The summed E-state index contributed by atoms with van der Waals surface area (Å²) in [5, 5.41) is 9.11. The number of aryl methyl sites for hydroxylation is 1. The van der Waals surface area contributed by atoms with Gasteiger partial charge in [-0.3, -0.25) is 4.99 Å². The molecule has 0 fully saturated rings. The first-order chi connectivity index (χ1) is 12.3. The van der Waals surface area contributed by atoms with Crippen molar-refractivity contribution >= 4 is 36.0 Å². The van der Waals surface area contributed by atoms with Crippen LogP contribution in [-0.2, 0) is 11.2 Å². The van der Waals surface area contributed by atoms with Gasteiger partial charge in [-0.2, -0.15) is 0 Å². The molecule has 0 aliphatic heterocycles. The van der Waals surface area contributed by atoms with Crippen molar-refractivity contribution in [2.75, 3.05) is 33.8 Å². The van der Waals surface area contributed by atoms with Gasteiger partial charge in [0.15, 0.2) is 5.96 Å². The average Bonchev–Trinajstić information content (AvgIpc) is 2.59. The number of benzene rings is 1. The molecule has 0 unspecified atom stereocenters. The molecule has 0 aromatic heterocycles. The number of ether oxygens (including phenoxy) is 2. The van der Waals surface area contributed by atoms with Crippen LogP contribution in [0.15, 0.2) is 29.3 Å². The predicted octanol–water partition coefficient (Wildman–Crippen LogP) is 2.94. The highest BCUT2D eigenvalue weighted by molar-refractivity contribution is 14.0. The van der Waals surface area contributed by atoms with E-state index >= 15 is 0 Å². The number of hydrogen-bond donors (Lipinski definition) is 3. The molecule has 0 atom stereocenters. The van der Waals surface area contributed by atoms with Gasteiger partial charge in [0.1, 0.15) is 11.4 Å². The monoisotopic (exact) mass is 492 g/mol. The van der Waals surface area contributed by atoms with Crippen LogP contribution < -0.4 is 20.7 Å². The van der Waals surface area contributed by atoms with E-state index in [-0.39, 0.29) is 24.0 Å². The van der Waals surface area contributed by atoms with Gasteiger partial charge in [0, 0.05) is 26.7 Å². The summed E-state index contributed by atoms with van der Waals surface area (Å²) in [5.41, 5.74) is 0.788. The molecule has 0 bridgehead atoms. The molecule has 0 radical (unpaired) electrons. The van der Waals surface area contributed by atoms with Crippen LogP contribution in [0.1, 0.15) is 32.8 Å². The number of aliphatic imine (C=N–C) groups is 1. The van der Waals surface area contributed by atoms with E-state index in [1.165, 1.54) is 5.56 Å². The largest absolute Gasteiger partial charge is 0.497 e. The molecule has 1 rings (SSSR count). The van der Waals surface area contributed by atoms with Gasteiger partial charge in [-0.1, -0.05) is 12.1 Å². The van der Waals surface area contributed by atoms with Gasteiger partial charge in [0.05, 0.1) is 7.11 Å². The number of guanidine groups is 1. The van der Waals surface area contributed by atoms with E-state index in [1.807, 2.05) is 32.9 Å². The van der Waals surface area contributed by atoms with Gasteiger partial charge in [-0.05, 0) is 51.3 Å². The second-order valence-corrected chi connectivity index (χ2v) is 6.81. The third-order valence-electron chi connectivity index (χ3n) is 3.40. The molecule has 1 aromatic carbocycles. The van der Waals surface area contributed by atoms with Crippen molar-refractivity contribution in [2.45, 2.75) is 39.2 Å². The van der Waals surface area contributed by atoms with Gasteiger partial charge >= 0.3 is 6.09 Å². The summed E-state index contributed by atoms with van der Waals surface area (Å²) in [6, 6.07) is 8.10. The van der Waals surface area contributed by atoms with Crippen LogP contribution in [0.3, 0.4) is 0 Å². The number of nitrogens with one attached hydrogen (secondary N) is 3. The second kappa shape index (κ2) is 13.5. The Kier molecular flexibility index (Phi) is 12.6. The minimum atomic E-state index is -0.487. The minimum absolute atomic E-state index is 0.